The third-order valence-corrected chi connectivity index (χ3v) is 8.49. The summed E-state index contributed by atoms with van der Waals surface area (Å²) in [5, 5.41) is 4.49. The van der Waals surface area contributed by atoms with Gasteiger partial charge in [0.25, 0.3) is 15.9 Å². The van der Waals surface area contributed by atoms with Crippen molar-refractivity contribution in [1.29, 1.82) is 0 Å². The monoisotopic (exact) mass is 588 g/mol. The summed E-state index contributed by atoms with van der Waals surface area (Å²) in [5.41, 5.74) is 4.70. The summed E-state index contributed by atoms with van der Waals surface area (Å²) in [5.74, 6) is -0.275. The SMILES string of the molecule is Cc1cccc(C)c1-c1cc2nc(n1)NS(=O)(=O)c1cccc(c1)C(=O)N(c1cn(C)nc1C)[C@H](CC(C)(C)C)CO2. The number of carbonyl (C=O) groups excluding carboxylic acids is 1. The largest absolute Gasteiger partial charge is 0.475 e. The average Bonchev–Trinajstić information content (AvgIpc) is 3.22. The maximum absolute atomic E-state index is 14.3. The Kier molecular flexibility index (Phi) is 7.57. The van der Waals surface area contributed by atoms with Gasteiger partial charge >= 0.3 is 0 Å². The molecule has 4 bridgehead atoms. The van der Waals surface area contributed by atoms with Crippen molar-refractivity contribution < 1.29 is 17.9 Å². The van der Waals surface area contributed by atoms with Crippen molar-refractivity contribution in [3.05, 3.63) is 77.1 Å². The van der Waals surface area contributed by atoms with Gasteiger partial charge in [-0.2, -0.15) is 10.1 Å². The van der Waals surface area contributed by atoms with Crippen LogP contribution in [0.3, 0.4) is 0 Å². The highest BCUT2D eigenvalue weighted by Gasteiger charge is 2.34. The van der Waals surface area contributed by atoms with E-state index >= 15 is 0 Å². The summed E-state index contributed by atoms with van der Waals surface area (Å²) in [6.07, 6.45) is 2.38. The molecule has 0 aliphatic carbocycles. The molecule has 0 fully saturated rings. The van der Waals surface area contributed by atoms with E-state index in [2.05, 4.69) is 40.6 Å². The van der Waals surface area contributed by atoms with Crippen molar-refractivity contribution in [2.45, 2.75) is 58.9 Å². The van der Waals surface area contributed by atoms with Crippen molar-refractivity contribution in [3.63, 3.8) is 0 Å². The van der Waals surface area contributed by atoms with Crippen LogP contribution in [-0.4, -0.2) is 46.7 Å². The number of anilines is 2. The number of carbonyl (C=O) groups is 1. The lowest BCUT2D eigenvalue weighted by Crippen LogP contribution is -2.46. The number of aryl methyl sites for hydroxylation is 4. The number of benzene rings is 2. The minimum absolute atomic E-state index is 0.0774. The Labute approximate surface area is 246 Å². The summed E-state index contributed by atoms with van der Waals surface area (Å²) < 4.78 is 37.6. The van der Waals surface area contributed by atoms with Crippen LogP contribution in [0.2, 0.25) is 0 Å². The fraction of sp³-hybridized carbons (Fsp3) is 0.355. The molecule has 1 atom stereocenters. The molecule has 11 heteroatoms. The minimum Gasteiger partial charge on any atom is -0.475 e. The quantitative estimate of drug-likeness (QED) is 0.338. The predicted octanol–water partition coefficient (Wildman–Crippen LogP) is 5.45. The number of hydrogen-bond donors (Lipinski definition) is 1. The first-order valence-electron chi connectivity index (χ1n) is 13.8. The van der Waals surface area contributed by atoms with Crippen LogP contribution in [0.15, 0.2) is 59.6 Å². The molecule has 1 amide bonds. The maximum atomic E-state index is 14.3. The molecule has 10 nitrogen and oxygen atoms in total. The number of nitrogens with one attached hydrogen (secondary N) is 1. The Hall–Kier alpha value is -4.25. The highest BCUT2D eigenvalue weighted by Crippen LogP contribution is 2.33. The Balaban J connectivity index is 1.74. The van der Waals surface area contributed by atoms with Gasteiger partial charge < -0.3 is 4.74 Å². The van der Waals surface area contributed by atoms with E-state index in [-0.39, 0.29) is 40.2 Å². The highest BCUT2D eigenvalue weighted by molar-refractivity contribution is 7.92. The number of rotatable bonds is 3. The first kappa shape index (κ1) is 29.2. The van der Waals surface area contributed by atoms with Crippen LogP contribution >= 0.6 is 0 Å². The predicted molar refractivity (Wildman–Crippen MR) is 162 cm³/mol. The summed E-state index contributed by atoms with van der Waals surface area (Å²) >= 11 is 0. The van der Waals surface area contributed by atoms with Crippen LogP contribution < -0.4 is 14.4 Å². The zero-order valence-corrected chi connectivity index (χ0v) is 25.8. The molecular weight excluding hydrogens is 552 g/mol. The molecular formula is C31H36N6O4S. The molecule has 0 saturated heterocycles. The van der Waals surface area contributed by atoms with Crippen LogP contribution in [0, 0.1) is 26.2 Å². The zero-order chi connectivity index (χ0) is 30.4. The van der Waals surface area contributed by atoms with E-state index in [0.29, 0.717) is 23.5 Å². The molecule has 42 heavy (non-hydrogen) atoms. The number of fused-ring (bicyclic) bond motifs is 4. The molecule has 1 aliphatic heterocycles. The van der Waals surface area contributed by atoms with Crippen molar-refractivity contribution in [1.82, 2.24) is 19.7 Å². The number of nitrogens with zero attached hydrogens (tertiary/aromatic N) is 5. The van der Waals surface area contributed by atoms with Crippen LogP contribution in [-0.2, 0) is 17.1 Å². The second-order valence-electron chi connectivity index (χ2n) is 12.0. The van der Waals surface area contributed by atoms with Gasteiger partial charge in [-0.05, 0) is 61.9 Å². The van der Waals surface area contributed by atoms with Gasteiger partial charge in [0.05, 0.1) is 28.0 Å². The third kappa shape index (κ3) is 6.01. The molecule has 3 heterocycles. The molecule has 0 unspecified atom stereocenters. The normalized spacial score (nSPS) is 17.0. The van der Waals surface area contributed by atoms with E-state index < -0.39 is 16.1 Å². The first-order chi connectivity index (χ1) is 19.7. The number of amides is 1. The molecule has 4 aromatic rings. The lowest BCUT2D eigenvalue weighted by molar-refractivity contribution is 0.0955. The summed E-state index contributed by atoms with van der Waals surface area (Å²) in [6, 6.07) is 13.2. The van der Waals surface area contributed by atoms with E-state index in [1.165, 1.54) is 12.1 Å². The van der Waals surface area contributed by atoms with Crippen LogP contribution in [0.4, 0.5) is 11.6 Å². The van der Waals surface area contributed by atoms with Crippen molar-refractivity contribution in [3.8, 4) is 17.1 Å². The minimum atomic E-state index is -4.15. The van der Waals surface area contributed by atoms with Gasteiger partial charge in [-0.15, -0.1) is 0 Å². The molecule has 0 saturated carbocycles. The number of sulfonamides is 1. The summed E-state index contributed by atoms with van der Waals surface area (Å²) in [7, 11) is -2.35. The Morgan fingerprint density at radius 3 is 2.36 bits per heavy atom. The van der Waals surface area contributed by atoms with E-state index in [0.717, 1.165) is 16.7 Å². The smallest absolute Gasteiger partial charge is 0.264 e. The number of ether oxygens (including phenoxy) is 1. The Bertz CT molecular complexity index is 1750. The molecule has 1 aliphatic rings. The lowest BCUT2D eigenvalue weighted by Gasteiger charge is -2.35. The zero-order valence-electron chi connectivity index (χ0n) is 25.0. The standard InChI is InChI=1S/C31H36N6O4S/c1-19-10-8-11-20(2)28(19)25-15-27-33-30(32-25)35-42(39,40)24-13-9-12-22(14-24)29(38)37(26-17-36(7)34-21(26)3)23(18-41-27)16-31(4,5)6/h8-15,17,23H,16,18H2,1-7H3,(H,32,33,35)/t23-/m1/s1. The third-order valence-electron chi connectivity index (χ3n) is 7.16. The molecule has 0 radical (unpaired) electrons. The van der Waals surface area contributed by atoms with Gasteiger partial charge in [-0.3, -0.25) is 14.4 Å². The van der Waals surface area contributed by atoms with E-state index in [1.807, 2.05) is 39.0 Å². The molecule has 1 N–H and O–H groups in total. The van der Waals surface area contributed by atoms with Crippen LogP contribution in [0.5, 0.6) is 5.88 Å². The Morgan fingerprint density at radius 2 is 1.71 bits per heavy atom. The van der Waals surface area contributed by atoms with Crippen LogP contribution in [0.25, 0.3) is 11.3 Å². The number of aromatic nitrogens is 4. The van der Waals surface area contributed by atoms with E-state index in [9.17, 15) is 13.2 Å². The van der Waals surface area contributed by atoms with Gasteiger partial charge in [0, 0.05) is 30.4 Å². The lowest BCUT2D eigenvalue weighted by atomic mass is 9.87. The first-order valence-corrected chi connectivity index (χ1v) is 15.3. The van der Waals surface area contributed by atoms with Gasteiger partial charge in [0.1, 0.15) is 6.61 Å². The highest BCUT2D eigenvalue weighted by atomic mass is 32.2. The second kappa shape index (κ2) is 10.9. The topological polar surface area (TPSA) is 119 Å². The van der Waals surface area contributed by atoms with Gasteiger partial charge in [0.2, 0.25) is 11.8 Å². The molecule has 220 valence electrons. The van der Waals surface area contributed by atoms with E-state index in [4.69, 9.17) is 4.74 Å². The molecule has 2 aromatic heterocycles. The molecule has 0 spiro atoms. The fourth-order valence-corrected chi connectivity index (χ4v) is 6.40. The van der Waals surface area contributed by atoms with Crippen LogP contribution in [0.1, 0.15) is 54.4 Å². The van der Waals surface area contributed by atoms with Crippen molar-refractivity contribution in [2.24, 2.45) is 12.5 Å². The van der Waals surface area contributed by atoms with Gasteiger partial charge in [-0.25, -0.2) is 18.1 Å². The number of hydrogen-bond acceptors (Lipinski definition) is 7. The molecule has 2 aromatic carbocycles. The fourth-order valence-electron chi connectivity index (χ4n) is 5.41. The summed E-state index contributed by atoms with van der Waals surface area (Å²) in [4.78, 5) is 24.9. The Morgan fingerprint density at radius 1 is 1.02 bits per heavy atom. The van der Waals surface area contributed by atoms with Gasteiger partial charge in [-0.1, -0.05) is 45.0 Å². The maximum Gasteiger partial charge on any atom is 0.264 e. The van der Waals surface area contributed by atoms with Crippen molar-refractivity contribution >= 4 is 27.6 Å². The second-order valence-corrected chi connectivity index (χ2v) is 13.7. The van der Waals surface area contributed by atoms with E-state index in [1.54, 1.807) is 41.0 Å². The van der Waals surface area contributed by atoms with Crippen molar-refractivity contribution in [2.75, 3.05) is 16.2 Å². The van der Waals surface area contributed by atoms with Gasteiger partial charge in [0.15, 0.2) is 0 Å². The average molecular weight is 589 g/mol. The summed E-state index contributed by atoms with van der Waals surface area (Å²) in [6.45, 7) is 12.2. The molecule has 5 rings (SSSR count).